The molecule has 5 heteroatoms. The van der Waals surface area contributed by atoms with E-state index in [1.807, 2.05) is 0 Å². The number of benzene rings is 8. The maximum atomic E-state index is 2.74. The third-order valence-electron chi connectivity index (χ3n) is 16.7. The van der Waals surface area contributed by atoms with Crippen LogP contribution in [0.2, 0.25) is 5.82 Å². The molecule has 2 unspecified atom stereocenters. The molecule has 4 nitrogen and oxygen atoms in total. The van der Waals surface area contributed by atoms with Crippen molar-refractivity contribution in [2.45, 2.75) is 160 Å². The van der Waals surface area contributed by atoms with Crippen molar-refractivity contribution in [3.63, 3.8) is 0 Å². The van der Waals surface area contributed by atoms with Gasteiger partial charge in [0, 0.05) is 68.6 Å². The van der Waals surface area contributed by atoms with Crippen molar-refractivity contribution in [3.8, 4) is 0 Å². The monoisotopic (exact) mass is 1030 g/mol. The zero-order valence-electron chi connectivity index (χ0n) is 50.5. The summed E-state index contributed by atoms with van der Waals surface area (Å²) in [5.41, 5.74) is 26.9. The van der Waals surface area contributed by atoms with Crippen molar-refractivity contribution < 1.29 is 0 Å². The molecule has 0 spiro atoms. The van der Waals surface area contributed by atoms with Gasteiger partial charge in [-0.15, -0.1) is 0 Å². The maximum Gasteiger partial charge on any atom is 0.223 e. The minimum absolute atomic E-state index is 0.0639. The van der Waals surface area contributed by atoms with Gasteiger partial charge in [0.2, 0.25) is 6.71 Å². The number of rotatable bonds is 8. The Kier molecular flexibility index (Phi) is 13.8. The molecule has 8 aromatic rings. The highest BCUT2D eigenvalue weighted by Gasteiger charge is 2.52. The molecule has 2 heterocycles. The Morgan fingerprint density at radius 2 is 0.795 bits per heavy atom. The lowest BCUT2D eigenvalue weighted by Gasteiger charge is -2.54. The van der Waals surface area contributed by atoms with Crippen LogP contribution in [-0.2, 0) is 16.2 Å². The molecule has 0 amide bonds. The second kappa shape index (κ2) is 19.7. The number of aryl methyl sites for hydroxylation is 6. The lowest BCUT2D eigenvalue weighted by Crippen LogP contribution is -2.64. The average Bonchev–Trinajstić information content (AvgIpc) is 3.15. The first-order chi connectivity index (χ1) is 36.5. The molecular formula is C73H85BN4. The van der Waals surface area contributed by atoms with Crippen LogP contribution in [0.3, 0.4) is 0 Å². The topological polar surface area (TPSA) is 13.0 Å². The van der Waals surface area contributed by atoms with Crippen LogP contribution in [0.25, 0.3) is 0 Å². The summed E-state index contributed by atoms with van der Waals surface area (Å²) < 4.78 is 0. The van der Waals surface area contributed by atoms with E-state index in [0.29, 0.717) is 0 Å². The summed E-state index contributed by atoms with van der Waals surface area (Å²) in [4.78, 5) is 10.4. The molecule has 2 aliphatic rings. The molecule has 0 saturated carbocycles. The number of hydrogen-bond donors (Lipinski definition) is 0. The largest absolute Gasteiger partial charge is 0.339 e. The molecule has 2 atom stereocenters. The van der Waals surface area contributed by atoms with Crippen LogP contribution in [0.15, 0.2) is 158 Å². The van der Waals surface area contributed by atoms with Gasteiger partial charge < -0.3 is 19.6 Å². The van der Waals surface area contributed by atoms with E-state index in [9.17, 15) is 0 Å². The van der Waals surface area contributed by atoms with Crippen molar-refractivity contribution >= 4 is 80.2 Å². The van der Waals surface area contributed by atoms with Crippen LogP contribution in [0.1, 0.15) is 140 Å². The second-order valence-electron chi connectivity index (χ2n) is 27.6. The summed E-state index contributed by atoms with van der Waals surface area (Å²) in [6.45, 7) is 44.6. The fourth-order valence-electron chi connectivity index (χ4n) is 13.1. The molecule has 10 rings (SSSR count). The van der Waals surface area contributed by atoms with Gasteiger partial charge in [0.25, 0.3) is 0 Å². The highest BCUT2D eigenvalue weighted by Crippen LogP contribution is 2.54. The summed E-state index contributed by atoms with van der Waals surface area (Å²) in [5.74, 6) is 0.236. The van der Waals surface area contributed by atoms with Crippen LogP contribution in [0.5, 0.6) is 0 Å². The van der Waals surface area contributed by atoms with Crippen molar-refractivity contribution in [3.05, 3.63) is 208 Å². The summed E-state index contributed by atoms with van der Waals surface area (Å²) in [6.07, 6.45) is 0. The molecule has 0 aromatic heterocycles. The van der Waals surface area contributed by atoms with E-state index >= 15 is 0 Å². The SMILES string of the molecule is Cc1cccc(N(c2cc(C)cc(C)c2)c2cc(N3c4cc(C(C)(C)C)ccc4B4c5c3cccc5N(c3cc(N(c5cccc(C)c5)c5cc(C)cc(C)c5)cc(C(C)(C)C)c3)C(C)C4C(C)(C)C)cc(C(C)(C)C)c2)c1. The molecule has 78 heavy (non-hydrogen) atoms. The quantitative estimate of drug-likeness (QED) is 0.141. The molecule has 0 bridgehead atoms. The van der Waals surface area contributed by atoms with E-state index < -0.39 is 0 Å². The zero-order valence-corrected chi connectivity index (χ0v) is 50.5. The fraction of sp³-hybridized carbons (Fsp3) is 0.342. The van der Waals surface area contributed by atoms with E-state index in [0.717, 1.165) is 34.1 Å². The first kappa shape index (κ1) is 54.4. The Balaban J connectivity index is 1.27. The Morgan fingerprint density at radius 1 is 0.372 bits per heavy atom. The van der Waals surface area contributed by atoms with Crippen LogP contribution in [0.4, 0.5) is 62.6 Å². The molecule has 0 fully saturated rings. The molecule has 0 aliphatic carbocycles. The van der Waals surface area contributed by atoms with Crippen molar-refractivity contribution in [1.29, 1.82) is 0 Å². The third-order valence-corrected chi connectivity index (χ3v) is 16.7. The van der Waals surface area contributed by atoms with Crippen LogP contribution in [-0.4, -0.2) is 12.8 Å². The standard InChI is InChI=1S/C73H85BN4/c1-46-23-20-25-56(33-46)76(58-35-48(3)31-49(4)36-58)61-40-54(71(11,12)13)39-60(44-61)75-52(7)69(73(17,18)19)74-64-30-29-53(70(8,9)10)43-67(64)78(66-28-22-27-65(75)68(66)74)63-42-55(72(14,15)16)41-62(45-63)77(57-26-21-24-47(2)34-57)59-37-50(5)32-51(6)38-59/h20-45,52,69H,1-19H3. The lowest BCUT2D eigenvalue weighted by atomic mass is 9.26. The van der Waals surface area contributed by atoms with Gasteiger partial charge in [0.05, 0.1) is 0 Å². The molecular weight excluding hydrogens is 944 g/mol. The van der Waals surface area contributed by atoms with Gasteiger partial charge in [-0.1, -0.05) is 138 Å². The van der Waals surface area contributed by atoms with E-state index in [4.69, 9.17) is 0 Å². The van der Waals surface area contributed by atoms with Crippen molar-refractivity contribution in [1.82, 2.24) is 0 Å². The summed E-state index contributed by atoms with van der Waals surface area (Å²) in [6, 6.07) is 61.6. The molecule has 0 saturated heterocycles. The predicted octanol–water partition coefficient (Wildman–Crippen LogP) is 19.7. The molecule has 400 valence electrons. The van der Waals surface area contributed by atoms with E-state index in [1.54, 1.807) is 0 Å². The van der Waals surface area contributed by atoms with Crippen LogP contribution >= 0.6 is 0 Å². The minimum Gasteiger partial charge on any atom is -0.339 e. The van der Waals surface area contributed by atoms with Crippen molar-refractivity contribution in [2.75, 3.05) is 19.6 Å². The van der Waals surface area contributed by atoms with E-state index in [2.05, 4.69) is 309 Å². The predicted molar refractivity (Wildman–Crippen MR) is 341 cm³/mol. The van der Waals surface area contributed by atoms with E-state index in [-0.39, 0.29) is 40.2 Å². The van der Waals surface area contributed by atoms with Gasteiger partial charge in [0.1, 0.15) is 0 Å². The van der Waals surface area contributed by atoms with Gasteiger partial charge >= 0.3 is 0 Å². The summed E-state index contributed by atoms with van der Waals surface area (Å²) in [7, 11) is 0. The number of nitrogens with zero attached hydrogens (tertiary/aromatic N) is 4. The smallest absolute Gasteiger partial charge is 0.223 e. The first-order valence-corrected chi connectivity index (χ1v) is 28.6. The van der Waals surface area contributed by atoms with E-state index in [1.165, 1.54) is 89.4 Å². The number of hydrogen-bond acceptors (Lipinski definition) is 4. The Morgan fingerprint density at radius 3 is 1.26 bits per heavy atom. The molecule has 8 aromatic carbocycles. The Bertz CT molecular complexity index is 3550. The summed E-state index contributed by atoms with van der Waals surface area (Å²) >= 11 is 0. The second-order valence-corrected chi connectivity index (χ2v) is 27.6. The highest BCUT2D eigenvalue weighted by molar-refractivity contribution is 6.91. The molecule has 2 aliphatic heterocycles. The zero-order chi connectivity index (χ0) is 56.1. The van der Waals surface area contributed by atoms with Gasteiger partial charge in [-0.05, 0) is 240 Å². The van der Waals surface area contributed by atoms with Crippen molar-refractivity contribution in [2.24, 2.45) is 5.41 Å². The van der Waals surface area contributed by atoms with Gasteiger partial charge in [0.15, 0.2) is 0 Å². The minimum atomic E-state index is -0.154. The Hall–Kier alpha value is -6.98. The van der Waals surface area contributed by atoms with Gasteiger partial charge in [-0.3, -0.25) is 0 Å². The highest BCUT2D eigenvalue weighted by atomic mass is 15.2. The lowest BCUT2D eigenvalue weighted by molar-refractivity contribution is 0.341. The number of anilines is 11. The van der Waals surface area contributed by atoms with Crippen LogP contribution in [0, 0.1) is 47.0 Å². The maximum absolute atomic E-state index is 2.74. The fourth-order valence-corrected chi connectivity index (χ4v) is 13.1. The average molecular weight is 1030 g/mol. The summed E-state index contributed by atoms with van der Waals surface area (Å²) in [5, 5.41) is 0. The normalized spacial score (nSPS) is 15.6. The first-order valence-electron chi connectivity index (χ1n) is 28.6. The number of fused-ring (bicyclic) bond motifs is 2. The Labute approximate surface area is 470 Å². The van der Waals surface area contributed by atoms with Gasteiger partial charge in [-0.25, -0.2) is 0 Å². The molecule has 0 N–H and O–H groups in total. The van der Waals surface area contributed by atoms with Gasteiger partial charge in [-0.2, -0.15) is 0 Å². The molecule has 0 radical (unpaired) electrons. The van der Waals surface area contributed by atoms with Crippen LogP contribution < -0.4 is 30.5 Å². The third kappa shape index (κ3) is 10.3.